The van der Waals surface area contributed by atoms with E-state index < -0.39 is 17.2 Å². The molecule has 0 saturated carbocycles. The zero-order chi connectivity index (χ0) is 21.8. The molecule has 1 aromatic heterocycles. The maximum absolute atomic E-state index is 12.6. The minimum Gasteiger partial charge on any atom is -0.488 e. The Morgan fingerprint density at radius 1 is 0.967 bits per heavy atom. The highest BCUT2D eigenvalue weighted by Crippen LogP contribution is 2.25. The van der Waals surface area contributed by atoms with Crippen LogP contribution in [0.1, 0.15) is 21.6 Å². The molecule has 0 fully saturated rings. The molecule has 0 saturated heterocycles. The molecule has 0 amide bonds. The number of nitrogens with zero attached hydrogens (tertiary/aromatic N) is 2. The Labute approximate surface area is 182 Å². The molecule has 1 heterocycles. The van der Waals surface area contributed by atoms with Gasteiger partial charge in [0.15, 0.2) is 0 Å². The van der Waals surface area contributed by atoms with Gasteiger partial charge in [-0.3, -0.25) is 13.9 Å². The van der Waals surface area contributed by atoms with E-state index in [9.17, 15) is 14.4 Å². The van der Waals surface area contributed by atoms with Crippen LogP contribution in [-0.4, -0.2) is 15.1 Å². The van der Waals surface area contributed by atoms with Crippen LogP contribution in [0.15, 0.2) is 58.1 Å². The molecular weight excluding hydrogens is 431 g/mol. The number of benzene rings is 2. The maximum Gasteiger partial charge on any atom is 0.342 e. The Balaban J connectivity index is 1.74. The summed E-state index contributed by atoms with van der Waals surface area (Å²) >= 11 is 12.1. The molecule has 0 radical (unpaired) electrons. The van der Waals surface area contributed by atoms with Crippen molar-refractivity contribution < 1.29 is 14.3 Å². The Morgan fingerprint density at radius 2 is 1.70 bits per heavy atom. The zero-order valence-corrected chi connectivity index (χ0v) is 17.7. The van der Waals surface area contributed by atoms with Gasteiger partial charge in [0.05, 0.1) is 5.69 Å². The first-order chi connectivity index (χ1) is 14.3. The molecule has 0 aliphatic heterocycles. The van der Waals surface area contributed by atoms with E-state index in [0.717, 1.165) is 4.57 Å². The van der Waals surface area contributed by atoms with Gasteiger partial charge in [0.25, 0.3) is 5.56 Å². The largest absolute Gasteiger partial charge is 0.488 e. The fraction of sp³-hybridized carbons (Fsp3) is 0.190. The molecule has 0 N–H and O–H groups in total. The van der Waals surface area contributed by atoms with E-state index in [-0.39, 0.29) is 24.5 Å². The summed E-state index contributed by atoms with van der Waals surface area (Å²) in [5.41, 5.74) is 0.212. The van der Waals surface area contributed by atoms with Gasteiger partial charge in [0.1, 0.15) is 24.5 Å². The summed E-state index contributed by atoms with van der Waals surface area (Å²) in [6.45, 7) is -0.110. The quantitative estimate of drug-likeness (QED) is 0.540. The second kappa shape index (κ2) is 9.19. The standard InChI is InChI=1S/C21H18Cl2N2O5/c1-24-15(10-19(26)25(2)21(24)28)12-30-20(27)16-5-3-4-6-18(16)29-11-13-7-8-14(22)9-17(13)23/h3-10H,11-12H2,1-2H3. The Kier molecular flexibility index (Phi) is 6.64. The predicted molar refractivity (Wildman–Crippen MR) is 113 cm³/mol. The predicted octanol–water partition coefficient (Wildman–Crippen LogP) is 3.33. The molecular formula is C21H18Cl2N2O5. The van der Waals surface area contributed by atoms with Crippen molar-refractivity contribution in [1.29, 1.82) is 0 Å². The number of carbonyl (C=O) groups excluding carboxylic acids is 1. The first kappa shape index (κ1) is 21.7. The van der Waals surface area contributed by atoms with Gasteiger partial charge in [-0.2, -0.15) is 0 Å². The number of ether oxygens (including phenoxy) is 2. The van der Waals surface area contributed by atoms with E-state index in [1.54, 1.807) is 42.5 Å². The van der Waals surface area contributed by atoms with Crippen molar-refractivity contribution in [1.82, 2.24) is 9.13 Å². The molecule has 30 heavy (non-hydrogen) atoms. The maximum atomic E-state index is 12.6. The molecule has 0 atom stereocenters. The van der Waals surface area contributed by atoms with Crippen LogP contribution in [0.25, 0.3) is 0 Å². The van der Waals surface area contributed by atoms with Gasteiger partial charge in [-0.15, -0.1) is 0 Å². The fourth-order valence-corrected chi connectivity index (χ4v) is 3.15. The molecule has 9 heteroatoms. The molecule has 0 aliphatic rings. The monoisotopic (exact) mass is 448 g/mol. The number of hydrogen-bond acceptors (Lipinski definition) is 5. The van der Waals surface area contributed by atoms with Crippen LogP contribution in [0.3, 0.4) is 0 Å². The lowest BCUT2D eigenvalue weighted by Crippen LogP contribution is -2.38. The molecule has 7 nitrogen and oxygen atoms in total. The Morgan fingerprint density at radius 3 is 2.43 bits per heavy atom. The molecule has 0 bridgehead atoms. The molecule has 2 aromatic carbocycles. The van der Waals surface area contributed by atoms with Crippen LogP contribution in [-0.2, 0) is 32.0 Å². The van der Waals surface area contributed by atoms with E-state index in [0.29, 0.717) is 21.4 Å². The third kappa shape index (κ3) is 4.75. The number of rotatable bonds is 6. The van der Waals surface area contributed by atoms with Crippen molar-refractivity contribution in [3.05, 3.63) is 96.2 Å². The van der Waals surface area contributed by atoms with Crippen LogP contribution >= 0.6 is 23.2 Å². The lowest BCUT2D eigenvalue weighted by atomic mass is 10.2. The smallest absolute Gasteiger partial charge is 0.342 e. The number of hydrogen-bond donors (Lipinski definition) is 0. The van der Waals surface area contributed by atoms with Gasteiger partial charge in [0.2, 0.25) is 0 Å². The van der Waals surface area contributed by atoms with Gasteiger partial charge in [-0.1, -0.05) is 41.4 Å². The number of carbonyl (C=O) groups is 1. The van der Waals surface area contributed by atoms with E-state index in [1.165, 1.54) is 24.7 Å². The van der Waals surface area contributed by atoms with E-state index >= 15 is 0 Å². The highest BCUT2D eigenvalue weighted by atomic mass is 35.5. The van der Waals surface area contributed by atoms with Crippen molar-refractivity contribution in [2.24, 2.45) is 14.1 Å². The van der Waals surface area contributed by atoms with Crippen LogP contribution < -0.4 is 16.0 Å². The van der Waals surface area contributed by atoms with Gasteiger partial charge in [-0.25, -0.2) is 9.59 Å². The van der Waals surface area contributed by atoms with Crippen LogP contribution in [0.2, 0.25) is 10.0 Å². The van der Waals surface area contributed by atoms with Crippen molar-refractivity contribution in [3.8, 4) is 5.75 Å². The van der Waals surface area contributed by atoms with Crippen molar-refractivity contribution in [2.45, 2.75) is 13.2 Å². The van der Waals surface area contributed by atoms with Crippen LogP contribution in [0.4, 0.5) is 0 Å². The summed E-state index contributed by atoms with van der Waals surface area (Å²) in [6.07, 6.45) is 0. The summed E-state index contributed by atoms with van der Waals surface area (Å²) in [5.74, 6) is -0.340. The Bertz CT molecular complexity index is 1220. The highest BCUT2D eigenvalue weighted by molar-refractivity contribution is 6.35. The lowest BCUT2D eigenvalue weighted by Gasteiger charge is -2.13. The SMILES string of the molecule is Cn1c(COC(=O)c2ccccc2OCc2ccc(Cl)cc2Cl)cc(=O)n(C)c1=O. The molecule has 0 spiro atoms. The fourth-order valence-electron chi connectivity index (χ4n) is 2.69. The average Bonchev–Trinajstić information content (AvgIpc) is 2.73. The van der Waals surface area contributed by atoms with Crippen molar-refractivity contribution in [2.75, 3.05) is 0 Å². The first-order valence-corrected chi connectivity index (χ1v) is 9.62. The van der Waals surface area contributed by atoms with Crippen LogP contribution in [0.5, 0.6) is 5.75 Å². The van der Waals surface area contributed by atoms with Crippen molar-refractivity contribution in [3.63, 3.8) is 0 Å². The summed E-state index contributed by atoms with van der Waals surface area (Å²) in [7, 11) is 2.87. The van der Waals surface area contributed by atoms with Crippen LogP contribution in [0, 0.1) is 0 Å². The van der Waals surface area contributed by atoms with E-state index in [4.69, 9.17) is 32.7 Å². The number of aromatic nitrogens is 2. The molecule has 0 unspecified atom stereocenters. The van der Waals surface area contributed by atoms with Gasteiger partial charge in [0, 0.05) is 35.8 Å². The second-order valence-corrected chi connectivity index (χ2v) is 7.31. The zero-order valence-electron chi connectivity index (χ0n) is 16.2. The van der Waals surface area contributed by atoms with Gasteiger partial charge in [-0.05, 0) is 24.3 Å². The summed E-state index contributed by atoms with van der Waals surface area (Å²) in [6, 6.07) is 12.9. The number of halogens is 2. The third-order valence-electron chi connectivity index (χ3n) is 4.48. The number of para-hydroxylation sites is 1. The van der Waals surface area contributed by atoms with Gasteiger partial charge < -0.3 is 9.47 Å². The van der Waals surface area contributed by atoms with E-state index in [2.05, 4.69) is 0 Å². The average molecular weight is 449 g/mol. The highest BCUT2D eigenvalue weighted by Gasteiger charge is 2.16. The summed E-state index contributed by atoms with van der Waals surface area (Å²) < 4.78 is 13.3. The molecule has 156 valence electrons. The molecule has 0 aliphatic carbocycles. The third-order valence-corrected chi connectivity index (χ3v) is 5.07. The lowest BCUT2D eigenvalue weighted by molar-refractivity contribution is 0.0457. The molecule has 3 aromatic rings. The summed E-state index contributed by atoms with van der Waals surface area (Å²) in [4.78, 5) is 36.4. The number of esters is 1. The normalized spacial score (nSPS) is 10.7. The Hall–Kier alpha value is -3.03. The minimum absolute atomic E-state index is 0.128. The van der Waals surface area contributed by atoms with E-state index in [1.807, 2.05) is 0 Å². The minimum atomic E-state index is -0.652. The first-order valence-electron chi connectivity index (χ1n) is 8.86. The molecule has 3 rings (SSSR count). The van der Waals surface area contributed by atoms with Gasteiger partial charge >= 0.3 is 11.7 Å². The topological polar surface area (TPSA) is 79.5 Å². The van der Waals surface area contributed by atoms with Crippen molar-refractivity contribution >= 4 is 29.2 Å². The second-order valence-electron chi connectivity index (χ2n) is 6.47. The summed E-state index contributed by atoms with van der Waals surface area (Å²) in [5, 5.41) is 0.965.